The molecule has 2 N–H and O–H groups in total. The molecule has 2 saturated heterocycles. The number of hydrogen-bond donors (Lipinski definition) is 2. The van der Waals surface area contributed by atoms with Crippen molar-refractivity contribution >= 4 is 29.2 Å². The molecule has 10 nitrogen and oxygen atoms in total. The van der Waals surface area contributed by atoms with Crippen molar-refractivity contribution < 1.29 is 29.3 Å². The highest BCUT2D eigenvalue weighted by molar-refractivity contribution is 7.09. The molecule has 2 fully saturated rings. The lowest BCUT2D eigenvalue weighted by Crippen LogP contribution is -2.45. The Kier molecular flexibility index (Phi) is 9.76. The number of hydrogen-bond acceptors (Lipinski definition) is 9. The van der Waals surface area contributed by atoms with Crippen LogP contribution in [0.5, 0.6) is 0 Å². The number of ether oxygens (including phenoxy) is 2. The van der Waals surface area contributed by atoms with Crippen molar-refractivity contribution in [2.45, 2.75) is 110 Å². The number of carbonyl (C=O) groups excluding carboxylic acids is 2. The van der Waals surface area contributed by atoms with Gasteiger partial charge in [0.2, 0.25) is 0 Å². The van der Waals surface area contributed by atoms with Crippen LogP contribution in [0.25, 0.3) is 16.5 Å². The lowest BCUT2D eigenvalue weighted by Gasteiger charge is -2.34. The maximum atomic E-state index is 13.3. The average molecular weight is 549 g/mol. The van der Waals surface area contributed by atoms with E-state index in [0.717, 1.165) is 24.8 Å². The molecule has 11 heteroatoms. The first-order chi connectivity index (χ1) is 17.8. The molecule has 0 unspecified atom stereocenters. The summed E-state index contributed by atoms with van der Waals surface area (Å²) in [4.78, 5) is 33.5. The van der Waals surface area contributed by atoms with Crippen LogP contribution in [0, 0.1) is 17.3 Å². The number of azide groups is 1. The lowest BCUT2D eigenvalue weighted by atomic mass is 9.73. The number of nitrogens with zero attached hydrogens (tertiary/aromatic N) is 4. The second-order valence-electron chi connectivity index (χ2n) is 11.5. The zero-order valence-electron chi connectivity index (χ0n) is 23.1. The summed E-state index contributed by atoms with van der Waals surface area (Å²) >= 11 is 1.38. The van der Waals surface area contributed by atoms with Gasteiger partial charge in [0.05, 0.1) is 53.0 Å². The van der Waals surface area contributed by atoms with E-state index in [9.17, 15) is 19.8 Å². The summed E-state index contributed by atoms with van der Waals surface area (Å²) in [5.41, 5.74) is 8.39. The second kappa shape index (κ2) is 12.3. The molecule has 3 rings (SSSR count). The Hall–Kier alpha value is -2.30. The highest BCUT2D eigenvalue weighted by atomic mass is 32.1. The Labute approximate surface area is 228 Å². The average Bonchev–Trinajstić information content (AvgIpc) is 3.27. The minimum absolute atomic E-state index is 0.0969. The number of Topliss-reactive ketones (excluding diaryl/α,β-unsaturated/α-hetero) is 1. The summed E-state index contributed by atoms with van der Waals surface area (Å²) < 4.78 is 11.9. The van der Waals surface area contributed by atoms with Gasteiger partial charge in [0.15, 0.2) is 0 Å². The summed E-state index contributed by atoms with van der Waals surface area (Å²) in [7, 11) is 0. The van der Waals surface area contributed by atoms with E-state index in [1.165, 1.54) is 11.3 Å². The highest BCUT2D eigenvalue weighted by Gasteiger charge is 2.53. The Morgan fingerprint density at radius 3 is 2.71 bits per heavy atom. The van der Waals surface area contributed by atoms with E-state index in [4.69, 9.17) is 15.0 Å². The molecule has 0 spiro atoms. The molecular formula is C27H40N4O6S. The second-order valence-corrected chi connectivity index (χ2v) is 12.5. The fourth-order valence-corrected chi connectivity index (χ4v) is 5.84. The van der Waals surface area contributed by atoms with Crippen LogP contribution in [0.3, 0.4) is 0 Å². The molecule has 3 heterocycles. The monoisotopic (exact) mass is 548 g/mol. The van der Waals surface area contributed by atoms with Crippen molar-refractivity contribution in [2.24, 2.45) is 22.4 Å². The molecule has 0 amide bonds. The Bertz CT molecular complexity index is 1100. The standard InChI is InChI=1S/C27H40N4O6S/c1-15-8-7-9-27(6)21(37-27)11-19(16(2)10-18-14-38-22(30-18)13-29-31-28)36-23(33)12-20(32)26(4,5)25(35)17(3)24(15)34/h10,14-15,17,19-21,24,32,34H,7-9,11-13H2,1-6H3/b16-10+/t15-,17+,19-,20-,21+,24-,27-/m0/s1. The van der Waals surface area contributed by atoms with Crippen molar-refractivity contribution in [3.05, 3.63) is 32.1 Å². The van der Waals surface area contributed by atoms with Crippen LogP contribution in [0.4, 0.5) is 0 Å². The van der Waals surface area contributed by atoms with Crippen LogP contribution in [-0.4, -0.2) is 57.0 Å². The van der Waals surface area contributed by atoms with Gasteiger partial charge in [0, 0.05) is 22.6 Å². The van der Waals surface area contributed by atoms with Crippen molar-refractivity contribution in [1.82, 2.24) is 4.98 Å². The molecule has 0 saturated carbocycles. The molecule has 0 radical (unpaired) electrons. The van der Waals surface area contributed by atoms with Gasteiger partial charge in [-0.15, -0.1) is 11.3 Å². The zero-order valence-corrected chi connectivity index (χ0v) is 23.9. The first kappa shape index (κ1) is 30.2. The van der Waals surface area contributed by atoms with Crippen LogP contribution in [0.2, 0.25) is 0 Å². The molecule has 0 bridgehead atoms. The fraction of sp³-hybridized carbons (Fsp3) is 0.741. The molecule has 210 valence electrons. The Morgan fingerprint density at radius 2 is 2.03 bits per heavy atom. The van der Waals surface area contributed by atoms with Gasteiger partial charge in [0.25, 0.3) is 0 Å². The van der Waals surface area contributed by atoms with Crippen molar-refractivity contribution in [3.63, 3.8) is 0 Å². The number of aromatic nitrogens is 1. The largest absolute Gasteiger partial charge is 0.458 e. The number of carbonyl (C=O) groups is 2. The SMILES string of the molecule is C/C(=C\c1csc(CN=[N+]=[N-])n1)[C@@H]1C[C@H]2O[C@@]2(C)CCC[C@H](C)[C@H](O)[C@@H](C)C(=O)C(C)(C)[C@@H](O)CC(=O)O1. The number of cyclic esters (lactones) is 1. The molecule has 1 aromatic rings. The number of rotatable bonds is 4. The smallest absolute Gasteiger partial charge is 0.309 e. The third-order valence-corrected chi connectivity index (χ3v) is 8.98. The number of ketones is 1. The molecule has 0 aromatic carbocycles. The topological polar surface area (TPSA) is 158 Å². The van der Waals surface area contributed by atoms with Crippen LogP contribution < -0.4 is 0 Å². The quantitative estimate of drug-likeness (QED) is 0.176. The van der Waals surface area contributed by atoms with Gasteiger partial charge >= 0.3 is 5.97 Å². The van der Waals surface area contributed by atoms with Gasteiger partial charge in [-0.3, -0.25) is 9.59 Å². The first-order valence-corrected chi connectivity index (χ1v) is 14.1. The van der Waals surface area contributed by atoms with Crippen LogP contribution in [0.15, 0.2) is 16.1 Å². The predicted octanol–water partition coefficient (Wildman–Crippen LogP) is 4.98. The molecule has 1 aromatic heterocycles. The maximum Gasteiger partial charge on any atom is 0.309 e. The van der Waals surface area contributed by atoms with Gasteiger partial charge in [-0.2, -0.15) is 0 Å². The molecular weight excluding hydrogens is 508 g/mol. The third kappa shape index (κ3) is 7.21. The lowest BCUT2D eigenvalue weighted by molar-refractivity contribution is -0.154. The van der Waals surface area contributed by atoms with Crippen molar-refractivity contribution in [3.8, 4) is 0 Å². The van der Waals surface area contributed by atoms with E-state index in [1.807, 2.05) is 32.2 Å². The summed E-state index contributed by atoms with van der Waals surface area (Å²) in [5.74, 6) is -1.68. The summed E-state index contributed by atoms with van der Waals surface area (Å²) in [6, 6.07) is 0. The van der Waals surface area contributed by atoms with E-state index in [1.54, 1.807) is 20.8 Å². The minimum Gasteiger partial charge on any atom is -0.458 e. The fourth-order valence-electron chi connectivity index (χ4n) is 5.18. The predicted molar refractivity (Wildman–Crippen MR) is 144 cm³/mol. The Morgan fingerprint density at radius 1 is 1.32 bits per heavy atom. The molecule has 38 heavy (non-hydrogen) atoms. The van der Waals surface area contributed by atoms with Crippen LogP contribution in [0.1, 0.15) is 84.3 Å². The Balaban J connectivity index is 1.85. The van der Waals surface area contributed by atoms with Crippen molar-refractivity contribution in [1.29, 1.82) is 0 Å². The summed E-state index contributed by atoms with van der Waals surface area (Å²) in [5, 5.41) is 27.8. The van der Waals surface area contributed by atoms with Gasteiger partial charge in [-0.25, -0.2) is 4.98 Å². The summed E-state index contributed by atoms with van der Waals surface area (Å²) in [6.45, 7) is 10.9. The van der Waals surface area contributed by atoms with Gasteiger partial charge in [-0.1, -0.05) is 39.2 Å². The van der Waals surface area contributed by atoms with Gasteiger partial charge in [0.1, 0.15) is 11.9 Å². The summed E-state index contributed by atoms with van der Waals surface area (Å²) in [6.07, 6.45) is 1.48. The highest BCUT2D eigenvalue weighted by Crippen LogP contribution is 2.45. The number of esters is 1. The molecule has 0 aliphatic carbocycles. The number of aliphatic hydroxyl groups excluding tert-OH is 2. The van der Waals surface area contributed by atoms with E-state index < -0.39 is 35.6 Å². The van der Waals surface area contributed by atoms with Crippen LogP contribution >= 0.6 is 11.3 Å². The van der Waals surface area contributed by atoms with Crippen molar-refractivity contribution in [2.75, 3.05) is 0 Å². The van der Waals surface area contributed by atoms with Gasteiger partial charge in [-0.05, 0) is 49.8 Å². The number of fused-ring (bicyclic) bond motifs is 1. The third-order valence-electron chi connectivity index (χ3n) is 8.13. The van der Waals surface area contributed by atoms with Crippen LogP contribution in [-0.2, 0) is 25.6 Å². The normalized spacial score (nSPS) is 35.1. The molecule has 2 aliphatic rings. The van der Waals surface area contributed by atoms with E-state index in [2.05, 4.69) is 15.0 Å². The number of epoxide rings is 1. The maximum absolute atomic E-state index is 13.3. The minimum atomic E-state index is -1.27. The van der Waals surface area contributed by atoms with Gasteiger partial charge < -0.3 is 19.7 Å². The number of aliphatic hydroxyl groups is 2. The zero-order chi connectivity index (χ0) is 28.3. The first-order valence-electron chi connectivity index (χ1n) is 13.2. The van der Waals surface area contributed by atoms with E-state index in [0.29, 0.717) is 17.1 Å². The molecule has 7 atom stereocenters. The number of thiazole rings is 1. The molecule has 2 aliphatic heterocycles. The van der Waals surface area contributed by atoms with E-state index >= 15 is 0 Å². The van der Waals surface area contributed by atoms with E-state index in [-0.39, 0.29) is 36.4 Å².